The zero-order chi connectivity index (χ0) is 25.4. The van der Waals surface area contributed by atoms with Crippen molar-refractivity contribution in [2.45, 2.75) is 19.8 Å². The van der Waals surface area contributed by atoms with E-state index in [9.17, 15) is 24.5 Å². The number of carbonyl (C=O) groups excluding carboxylic acids is 3. The van der Waals surface area contributed by atoms with E-state index in [0.717, 1.165) is 27.4 Å². The van der Waals surface area contributed by atoms with Gasteiger partial charge in [0.05, 0.1) is 27.2 Å². The van der Waals surface area contributed by atoms with Gasteiger partial charge < -0.3 is 9.80 Å². The Hall–Kier alpha value is -4.41. The molecule has 0 unspecified atom stereocenters. The summed E-state index contributed by atoms with van der Waals surface area (Å²) >= 11 is 0. The van der Waals surface area contributed by atoms with Gasteiger partial charge in [-0.2, -0.15) is 0 Å². The number of nitro benzene ring substituents is 1. The Morgan fingerprint density at radius 3 is 2.36 bits per heavy atom. The minimum absolute atomic E-state index is 0.0288. The van der Waals surface area contributed by atoms with E-state index in [0.29, 0.717) is 26.2 Å². The molecule has 0 radical (unpaired) electrons. The van der Waals surface area contributed by atoms with Gasteiger partial charge in [0, 0.05) is 45.2 Å². The van der Waals surface area contributed by atoms with Crippen LogP contribution in [0.15, 0.2) is 42.5 Å². The Kier molecular flexibility index (Phi) is 6.05. The number of rotatable bonds is 6. The van der Waals surface area contributed by atoms with Gasteiger partial charge >= 0.3 is 0 Å². The number of para-hydroxylation sites is 2. The summed E-state index contributed by atoms with van der Waals surface area (Å²) in [6.07, 6.45) is 0.456. The predicted molar refractivity (Wildman–Crippen MR) is 131 cm³/mol. The van der Waals surface area contributed by atoms with Gasteiger partial charge in [-0.3, -0.25) is 29.4 Å². The zero-order valence-electron chi connectivity index (χ0n) is 19.7. The highest BCUT2D eigenvalue weighted by Crippen LogP contribution is 2.31. The predicted octanol–water partition coefficient (Wildman–Crippen LogP) is 2.57. The zero-order valence-corrected chi connectivity index (χ0v) is 19.7. The third-order valence-corrected chi connectivity index (χ3v) is 6.60. The van der Waals surface area contributed by atoms with Gasteiger partial charge in [-0.1, -0.05) is 18.2 Å². The number of aryl methyl sites for hydroxylation is 1. The van der Waals surface area contributed by atoms with Gasteiger partial charge in [0.15, 0.2) is 5.82 Å². The number of benzene rings is 2. The lowest BCUT2D eigenvalue weighted by molar-refractivity contribution is -0.385. The third-order valence-electron chi connectivity index (χ3n) is 6.60. The first-order chi connectivity index (χ1) is 17.3. The maximum absolute atomic E-state index is 12.8. The Morgan fingerprint density at radius 2 is 1.67 bits per heavy atom. The smallest absolute Gasteiger partial charge is 0.282 e. The molecule has 0 spiro atoms. The van der Waals surface area contributed by atoms with E-state index < -0.39 is 16.7 Å². The summed E-state index contributed by atoms with van der Waals surface area (Å²) in [6, 6.07) is 11.7. The van der Waals surface area contributed by atoms with Gasteiger partial charge in [-0.25, -0.2) is 9.97 Å². The molecule has 3 amide bonds. The number of imide groups is 1. The molecule has 1 saturated heterocycles. The fourth-order valence-corrected chi connectivity index (χ4v) is 4.76. The SMILES string of the molecule is Cc1nc2ccccc2nc1N1CCN(C(=O)CCCN2C(=O)c3cccc([N+](=O)[O-])c3C2=O)CC1. The van der Waals surface area contributed by atoms with Crippen molar-refractivity contribution in [1.29, 1.82) is 0 Å². The maximum Gasteiger partial charge on any atom is 0.282 e. The molecule has 11 nitrogen and oxygen atoms in total. The summed E-state index contributed by atoms with van der Waals surface area (Å²) in [7, 11) is 0. The van der Waals surface area contributed by atoms with E-state index in [4.69, 9.17) is 4.98 Å². The molecule has 1 fully saturated rings. The van der Waals surface area contributed by atoms with Crippen molar-refractivity contribution < 1.29 is 19.3 Å². The van der Waals surface area contributed by atoms with Crippen LogP contribution in [0.4, 0.5) is 11.5 Å². The first-order valence-electron chi connectivity index (χ1n) is 11.7. The fourth-order valence-electron chi connectivity index (χ4n) is 4.76. The van der Waals surface area contributed by atoms with E-state index >= 15 is 0 Å². The highest BCUT2D eigenvalue weighted by molar-refractivity contribution is 6.23. The monoisotopic (exact) mass is 488 g/mol. The van der Waals surface area contributed by atoms with E-state index in [1.54, 1.807) is 4.90 Å². The van der Waals surface area contributed by atoms with E-state index in [-0.39, 0.29) is 42.1 Å². The number of nitrogens with zero attached hydrogens (tertiary/aromatic N) is 6. The Morgan fingerprint density at radius 1 is 0.972 bits per heavy atom. The number of hydrogen-bond donors (Lipinski definition) is 0. The van der Waals surface area contributed by atoms with Crippen LogP contribution in [0.1, 0.15) is 39.3 Å². The Balaban J connectivity index is 1.15. The number of carbonyl (C=O) groups is 3. The van der Waals surface area contributed by atoms with Crippen molar-refractivity contribution in [3.05, 3.63) is 69.4 Å². The van der Waals surface area contributed by atoms with Crippen LogP contribution in [-0.4, -0.2) is 75.1 Å². The van der Waals surface area contributed by atoms with Crippen LogP contribution in [0.2, 0.25) is 0 Å². The number of nitro groups is 1. The average Bonchev–Trinajstić information content (AvgIpc) is 3.13. The summed E-state index contributed by atoms with van der Waals surface area (Å²) in [5, 5.41) is 11.3. The second-order valence-electron chi connectivity index (χ2n) is 8.81. The molecule has 0 bridgehead atoms. The molecule has 3 heterocycles. The third kappa shape index (κ3) is 4.12. The number of amides is 3. The molecule has 1 aromatic heterocycles. The van der Waals surface area contributed by atoms with Crippen LogP contribution in [0.5, 0.6) is 0 Å². The van der Waals surface area contributed by atoms with Gasteiger partial charge in [-0.15, -0.1) is 0 Å². The molecular formula is C25H24N6O5. The number of hydrogen-bond acceptors (Lipinski definition) is 8. The molecule has 0 aliphatic carbocycles. The quantitative estimate of drug-likeness (QED) is 0.294. The molecule has 5 rings (SSSR count). The van der Waals surface area contributed by atoms with Gasteiger partial charge in [0.1, 0.15) is 5.56 Å². The van der Waals surface area contributed by atoms with Crippen molar-refractivity contribution in [1.82, 2.24) is 19.8 Å². The average molecular weight is 489 g/mol. The van der Waals surface area contributed by atoms with Crippen molar-refractivity contribution in [2.24, 2.45) is 0 Å². The van der Waals surface area contributed by atoms with E-state index in [1.807, 2.05) is 31.2 Å². The lowest BCUT2D eigenvalue weighted by Crippen LogP contribution is -2.49. The topological polar surface area (TPSA) is 130 Å². The Bertz CT molecular complexity index is 1400. The number of fused-ring (bicyclic) bond motifs is 2. The van der Waals surface area contributed by atoms with Crippen molar-refractivity contribution in [3.8, 4) is 0 Å². The van der Waals surface area contributed by atoms with Crippen LogP contribution in [0, 0.1) is 17.0 Å². The molecule has 0 N–H and O–H groups in total. The lowest BCUT2D eigenvalue weighted by atomic mass is 10.1. The van der Waals surface area contributed by atoms with Crippen molar-refractivity contribution in [3.63, 3.8) is 0 Å². The fraction of sp³-hybridized carbons (Fsp3) is 0.320. The molecule has 11 heteroatoms. The summed E-state index contributed by atoms with van der Waals surface area (Å²) in [4.78, 5) is 63.0. The number of aromatic nitrogens is 2. The molecule has 2 aliphatic heterocycles. The summed E-state index contributed by atoms with van der Waals surface area (Å²) < 4.78 is 0. The Labute approximate surface area is 206 Å². The molecular weight excluding hydrogens is 464 g/mol. The first kappa shape index (κ1) is 23.3. The minimum Gasteiger partial charge on any atom is -0.352 e. The van der Waals surface area contributed by atoms with Crippen molar-refractivity contribution >= 4 is 40.3 Å². The van der Waals surface area contributed by atoms with E-state index in [2.05, 4.69) is 9.88 Å². The lowest BCUT2D eigenvalue weighted by Gasteiger charge is -2.36. The molecule has 2 aliphatic rings. The molecule has 0 atom stereocenters. The summed E-state index contributed by atoms with van der Waals surface area (Å²) in [6.45, 7) is 4.28. The summed E-state index contributed by atoms with van der Waals surface area (Å²) in [5.74, 6) is -0.485. The van der Waals surface area contributed by atoms with Crippen LogP contribution >= 0.6 is 0 Å². The second kappa shape index (κ2) is 9.33. The first-order valence-corrected chi connectivity index (χ1v) is 11.7. The molecule has 3 aromatic rings. The highest BCUT2D eigenvalue weighted by atomic mass is 16.6. The van der Waals surface area contributed by atoms with E-state index in [1.165, 1.54) is 18.2 Å². The van der Waals surface area contributed by atoms with Gasteiger partial charge in [0.2, 0.25) is 5.91 Å². The van der Waals surface area contributed by atoms with Gasteiger partial charge in [-0.05, 0) is 31.5 Å². The van der Waals surface area contributed by atoms with Crippen LogP contribution < -0.4 is 4.90 Å². The van der Waals surface area contributed by atoms with Crippen molar-refractivity contribution in [2.75, 3.05) is 37.6 Å². The standard InChI is InChI=1S/C25H24N6O5/c1-16-23(27-19-8-3-2-7-18(19)26-16)29-14-12-28(13-15-29)21(32)10-5-11-30-24(33)17-6-4-9-20(31(35)36)22(17)25(30)34/h2-4,6-9H,5,10-15H2,1H3. The molecule has 0 saturated carbocycles. The molecule has 184 valence electrons. The van der Waals surface area contributed by atoms with Crippen LogP contribution in [-0.2, 0) is 4.79 Å². The minimum atomic E-state index is -0.685. The molecule has 36 heavy (non-hydrogen) atoms. The normalized spacial score (nSPS) is 15.5. The van der Waals surface area contributed by atoms with Crippen LogP contribution in [0.3, 0.4) is 0 Å². The van der Waals surface area contributed by atoms with Gasteiger partial charge in [0.25, 0.3) is 17.5 Å². The van der Waals surface area contributed by atoms with Crippen LogP contribution in [0.25, 0.3) is 11.0 Å². The summed E-state index contributed by atoms with van der Waals surface area (Å²) in [5.41, 5.74) is 1.99. The second-order valence-corrected chi connectivity index (χ2v) is 8.81. The highest BCUT2D eigenvalue weighted by Gasteiger charge is 2.40. The number of piperazine rings is 1. The number of anilines is 1. The maximum atomic E-state index is 12.8. The largest absolute Gasteiger partial charge is 0.352 e. The molecule has 2 aromatic carbocycles.